The van der Waals surface area contributed by atoms with Gasteiger partial charge in [0.2, 0.25) is 0 Å². The Morgan fingerprint density at radius 1 is 0.727 bits per heavy atom. The average molecular weight is 180 g/mol. The quantitative estimate of drug-likeness (QED) is 0.448. The molecular formula is C2H6B2F6N-. The van der Waals surface area contributed by atoms with E-state index >= 15 is 0 Å². The molecule has 0 radical (unpaired) electrons. The summed E-state index contributed by atoms with van der Waals surface area (Å²) >= 11 is 0. The summed E-state index contributed by atoms with van der Waals surface area (Å²) in [4.78, 5) is 0. The fraction of sp³-hybridized carbons (Fsp3) is 1.00. The van der Waals surface area contributed by atoms with Crippen molar-refractivity contribution in [2.24, 2.45) is 0 Å². The van der Waals surface area contributed by atoms with E-state index < -0.39 is 18.5 Å². The van der Waals surface area contributed by atoms with Crippen molar-refractivity contribution in [2.45, 2.75) is 0 Å². The van der Waals surface area contributed by atoms with Gasteiger partial charge in [-0.3, -0.25) is 0 Å². The highest BCUT2D eigenvalue weighted by Gasteiger charge is 2.57. The Morgan fingerprint density at radius 2 is 0.909 bits per heavy atom. The summed E-state index contributed by atoms with van der Waals surface area (Å²) in [6, 6.07) is 0. The maximum atomic E-state index is 11.7. The molecule has 0 fully saturated rings. The van der Waals surface area contributed by atoms with Crippen LogP contribution in [0, 0.1) is 0 Å². The van der Waals surface area contributed by atoms with Gasteiger partial charge in [-0.25, -0.2) is 0 Å². The smallest absolute Gasteiger partial charge is 0.539 e. The summed E-state index contributed by atoms with van der Waals surface area (Å²) in [6.07, 6.45) is 0. The SMILES string of the molecule is C[N+](C)([B-](F)(F)F)[B-](F)(F)F. The van der Waals surface area contributed by atoms with E-state index in [0.717, 1.165) is 0 Å². The Hall–Kier alpha value is -0.330. The van der Waals surface area contributed by atoms with Crippen molar-refractivity contribution < 1.29 is 30.2 Å². The predicted molar refractivity (Wildman–Crippen MR) is 30.3 cm³/mol. The molecule has 0 spiro atoms. The lowest BCUT2D eigenvalue weighted by Gasteiger charge is -2.48. The minimum Gasteiger partial charge on any atom is -0.539 e. The molecule has 0 atom stereocenters. The van der Waals surface area contributed by atoms with Crippen LogP contribution < -0.4 is 0 Å². The number of quaternary nitrogens is 1. The molecule has 0 N–H and O–H groups in total. The van der Waals surface area contributed by atoms with Gasteiger partial charge in [0.1, 0.15) is 0 Å². The molecule has 0 aromatic heterocycles. The molecule has 0 saturated carbocycles. The van der Waals surface area contributed by atoms with E-state index in [2.05, 4.69) is 0 Å². The zero-order chi connectivity index (χ0) is 9.50. The molecule has 0 aromatic carbocycles. The molecule has 0 aliphatic heterocycles. The van der Waals surface area contributed by atoms with Gasteiger partial charge in [-0.1, -0.05) is 0 Å². The first-order chi connectivity index (χ1) is 4.50. The molecule has 0 heterocycles. The van der Waals surface area contributed by atoms with E-state index in [4.69, 9.17) is 0 Å². The van der Waals surface area contributed by atoms with Crippen LogP contribution in [0.1, 0.15) is 0 Å². The van der Waals surface area contributed by atoms with Crippen molar-refractivity contribution in [1.82, 2.24) is 0 Å². The van der Waals surface area contributed by atoms with E-state index in [1.54, 1.807) is 0 Å². The lowest BCUT2D eigenvalue weighted by molar-refractivity contribution is -0.726. The lowest BCUT2D eigenvalue weighted by atomic mass is 9.86. The molecule has 11 heavy (non-hydrogen) atoms. The van der Waals surface area contributed by atoms with E-state index in [9.17, 15) is 25.9 Å². The minimum atomic E-state index is -5.91. The maximum Gasteiger partial charge on any atom is 0.696 e. The summed E-state index contributed by atoms with van der Waals surface area (Å²) in [6.45, 7) is 0. The Labute approximate surface area is 59.7 Å². The van der Waals surface area contributed by atoms with Gasteiger partial charge in [0.05, 0.1) is 0 Å². The van der Waals surface area contributed by atoms with Crippen molar-refractivity contribution in [3.8, 4) is 0 Å². The number of hydrogen-bond donors (Lipinski definition) is 0. The lowest BCUT2D eigenvalue weighted by Crippen LogP contribution is -2.67. The Bertz CT molecular complexity index is 130. The van der Waals surface area contributed by atoms with Crippen LogP contribution in [-0.4, -0.2) is 32.6 Å². The van der Waals surface area contributed by atoms with Crippen molar-refractivity contribution >= 4 is 14.2 Å². The fourth-order valence-electron chi connectivity index (χ4n) is 0.192. The van der Waals surface area contributed by atoms with Gasteiger partial charge < -0.3 is 30.2 Å². The average Bonchev–Trinajstić information content (AvgIpc) is 1.58. The van der Waals surface area contributed by atoms with Gasteiger partial charge in [-0.05, 0) is 0 Å². The second-order valence-electron chi connectivity index (χ2n) is 2.71. The Balaban J connectivity index is 4.75. The molecular weight excluding hydrogens is 174 g/mol. The normalized spacial score (nSPS) is 15.3. The second-order valence-corrected chi connectivity index (χ2v) is 2.71. The highest BCUT2D eigenvalue weighted by molar-refractivity contribution is 6.64. The number of halogens is 6. The van der Waals surface area contributed by atoms with E-state index in [1.807, 2.05) is 0 Å². The van der Waals surface area contributed by atoms with Gasteiger partial charge >= 0.3 is 14.2 Å². The largest absolute Gasteiger partial charge is 0.696 e. The van der Waals surface area contributed by atoms with Crippen LogP contribution in [0.15, 0.2) is 0 Å². The molecule has 68 valence electrons. The molecule has 0 aromatic rings. The number of rotatable bonds is 2. The molecule has 9 heteroatoms. The van der Waals surface area contributed by atoms with Crippen LogP contribution >= 0.6 is 0 Å². The van der Waals surface area contributed by atoms with Gasteiger partial charge in [0, 0.05) is 14.1 Å². The maximum absolute atomic E-state index is 11.7. The van der Waals surface area contributed by atoms with Gasteiger partial charge in [-0.15, -0.1) is 0 Å². The van der Waals surface area contributed by atoms with Crippen LogP contribution in [0.3, 0.4) is 0 Å². The second kappa shape index (κ2) is 2.33. The highest BCUT2D eigenvalue weighted by Crippen LogP contribution is 2.31. The zero-order valence-electron chi connectivity index (χ0n) is 5.87. The zero-order valence-corrected chi connectivity index (χ0v) is 5.87. The minimum absolute atomic E-state index is 0.0972. The molecule has 1 nitrogen and oxygen atoms in total. The van der Waals surface area contributed by atoms with Crippen LogP contribution in [0.25, 0.3) is 0 Å². The van der Waals surface area contributed by atoms with Crippen molar-refractivity contribution in [1.29, 1.82) is 0 Å². The topological polar surface area (TPSA) is 0 Å². The number of hydrogen-bond acceptors (Lipinski definition) is 0. The molecule has 0 aliphatic rings. The molecule has 0 unspecified atom stereocenters. The first kappa shape index (κ1) is 10.7. The first-order valence-corrected chi connectivity index (χ1v) is 2.72. The Morgan fingerprint density at radius 3 is 0.909 bits per heavy atom. The van der Waals surface area contributed by atoms with Crippen molar-refractivity contribution in [3.05, 3.63) is 0 Å². The Kier molecular flexibility index (Phi) is 2.26. The number of nitrogens with zero attached hydrogens (tertiary/aromatic N) is 1. The van der Waals surface area contributed by atoms with Crippen LogP contribution in [-0.2, 0) is 0 Å². The first-order valence-electron chi connectivity index (χ1n) is 2.72. The molecule has 0 aliphatic carbocycles. The third kappa shape index (κ3) is 1.82. The third-order valence-corrected chi connectivity index (χ3v) is 1.51. The van der Waals surface area contributed by atoms with Crippen molar-refractivity contribution in [2.75, 3.05) is 14.1 Å². The summed E-state index contributed by atoms with van der Waals surface area (Å²) in [5, 5.41) is 0. The molecule has 0 saturated heterocycles. The van der Waals surface area contributed by atoms with Crippen LogP contribution in [0.2, 0.25) is 0 Å². The van der Waals surface area contributed by atoms with Crippen LogP contribution in [0.5, 0.6) is 0 Å². The standard InChI is InChI=1S/C2H6B2F6N/c1-11(2,3(5,6)7)4(8,9)10/h1-2H3/q-1. The fourth-order valence-corrected chi connectivity index (χ4v) is 0.192. The summed E-state index contributed by atoms with van der Waals surface area (Å²) in [7, 11) is -11.6. The molecule has 0 amide bonds. The molecule has 0 bridgehead atoms. The monoisotopic (exact) mass is 180 g/mol. The van der Waals surface area contributed by atoms with E-state index in [0.29, 0.717) is 0 Å². The predicted octanol–water partition coefficient (Wildman–Crippen LogP) is 1.75. The van der Waals surface area contributed by atoms with Crippen molar-refractivity contribution in [3.63, 3.8) is 0 Å². The third-order valence-electron chi connectivity index (χ3n) is 1.51. The molecule has 0 rings (SSSR count). The highest BCUT2D eigenvalue weighted by atomic mass is 19.4. The van der Waals surface area contributed by atoms with E-state index in [-0.39, 0.29) is 14.1 Å². The van der Waals surface area contributed by atoms with Crippen LogP contribution in [0.4, 0.5) is 25.9 Å². The van der Waals surface area contributed by atoms with Gasteiger partial charge in [0.15, 0.2) is 0 Å². The summed E-state index contributed by atoms with van der Waals surface area (Å²) in [5.74, 6) is 0. The van der Waals surface area contributed by atoms with E-state index in [1.165, 1.54) is 0 Å². The van der Waals surface area contributed by atoms with Gasteiger partial charge in [-0.2, -0.15) is 0 Å². The van der Waals surface area contributed by atoms with Gasteiger partial charge in [0.25, 0.3) is 0 Å². The summed E-state index contributed by atoms with van der Waals surface area (Å²) in [5.41, 5.74) is 0. The summed E-state index contributed by atoms with van der Waals surface area (Å²) < 4.78 is 67.1.